The van der Waals surface area contributed by atoms with E-state index in [4.69, 9.17) is 16.6 Å². The molecule has 0 radical (unpaired) electrons. The molecule has 0 fully saturated rings. The van der Waals surface area contributed by atoms with Gasteiger partial charge in [-0.2, -0.15) is 0 Å². The molecule has 31 heavy (non-hydrogen) atoms. The van der Waals surface area contributed by atoms with Gasteiger partial charge in [0.05, 0.1) is 11.2 Å². The number of pyridine rings is 2. The number of fused-ring (bicyclic) bond motifs is 1. The van der Waals surface area contributed by atoms with Gasteiger partial charge >= 0.3 is 0 Å². The van der Waals surface area contributed by atoms with Crippen LogP contribution in [0.5, 0.6) is 0 Å². The lowest BCUT2D eigenvalue weighted by molar-refractivity contribution is 0.122. The van der Waals surface area contributed by atoms with Crippen LogP contribution in [0.3, 0.4) is 0 Å². The van der Waals surface area contributed by atoms with Crippen molar-refractivity contribution in [2.45, 2.75) is 5.60 Å². The molecule has 1 unspecified atom stereocenters. The predicted octanol–water partition coefficient (Wildman–Crippen LogP) is 6.23. The van der Waals surface area contributed by atoms with E-state index in [-0.39, 0.29) is 0 Å². The van der Waals surface area contributed by atoms with Gasteiger partial charge in [-0.15, -0.1) is 0 Å². The van der Waals surface area contributed by atoms with Crippen LogP contribution >= 0.6 is 11.6 Å². The summed E-state index contributed by atoms with van der Waals surface area (Å²) in [4.78, 5) is 9.00. The summed E-state index contributed by atoms with van der Waals surface area (Å²) >= 11 is 6.28. The van der Waals surface area contributed by atoms with Gasteiger partial charge in [-0.25, -0.2) is 4.98 Å². The Morgan fingerprint density at radius 1 is 0.774 bits per heavy atom. The van der Waals surface area contributed by atoms with E-state index in [9.17, 15) is 5.11 Å². The first-order valence-corrected chi connectivity index (χ1v) is 10.4. The minimum atomic E-state index is -1.46. The Hall–Kier alpha value is -3.53. The number of rotatable bonds is 4. The Balaban J connectivity index is 1.81. The summed E-state index contributed by atoms with van der Waals surface area (Å²) in [6.07, 6.45) is 3.48. The molecule has 3 aromatic carbocycles. The van der Waals surface area contributed by atoms with Crippen LogP contribution in [0.1, 0.15) is 16.8 Å². The number of aromatic nitrogens is 2. The highest BCUT2D eigenvalue weighted by molar-refractivity contribution is 6.30. The molecule has 150 valence electrons. The van der Waals surface area contributed by atoms with Crippen LogP contribution in [-0.4, -0.2) is 15.1 Å². The summed E-state index contributed by atoms with van der Waals surface area (Å²) in [5.74, 6) is 0. The quantitative estimate of drug-likeness (QED) is 0.373. The predicted molar refractivity (Wildman–Crippen MR) is 125 cm³/mol. The zero-order valence-corrected chi connectivity index (χ0v) is 17.4. The van der Waals surface area contributed by atoms with Crippen LogP contribution < -0.4 is 0 Å². The maximum atomic E-state index is 12.4. The zero-order valence-electron chi connectivity index (χ0n) is 16.6. The molecule has 0 aliphatic heterocycles. The monoisotopic (exact) mass is 422 g/mol. The summed E-state index contributed by atoms with van der Waals surface area (Å²) in [5.41, 5.74) is 3.18. The molecule has 0 bridgehead atoms. The average Bonchev–Trinajstić information content (AvgIpc) is 2.84. The highest BCUT2D eigenvalue weighted by atomic mass is 35.5. The van der Waals surface area contributed by atoms with E-state index in [1.54, 1.807) is 12.4 Å². The lowest BCUT2D eigenvalue weighted by Gasteiger charge is -2.31. The smallest absolute Gasteiger partial charge is 0.157 e. The number of hydrogen-bond acceptors (Lipinski definition) is 3. The average molecular weight is 423 g/mol. The second-order valence-electron chi connectivity index (χ2n) is 7.40. The summed E-state index contributed by atoms with van der Waals surface area (Å²) in [6, 6.07) is 30.8. The summed E-state index contributed by atoms with van der Waals surface area (Å²) in [6.45, 7) is 0. The van der Waals surface area contributed by atoms with E-state index in [2.05, 4.69) is 4.98 Å². The van der Waals surface area contributed by atoms with E-state index >= 15 is 0 Å². The van der Waals surface area contributed by atoms with Crippen molar-refractivity contribution >= 4 is 22.5 Å². The molecule has 2 heterocycles. The maximum absolute atomic E-state index is 12.4. The summed E-state index contributed by atoms with van der Waals surface area (Å²) in [7, 11) is 0. The Morgan fingerprint density at radius 2 is 1.58 bits per heavy atom. The molecular formula is C27H19ClN2O. The van der Waals surface area contributed by atoms with Gasteiger partial charge in [-0.1, -0.05) is 78.3 Å². The molecule has 0 saturated carbocycles. The number of aliphatic hydroxyl groups is 1. The lowest BCUT2D eigenvalue weighted by atomic mass is 9.79. The molecule has 0 aliphatic rings. The van der Waals surface area contributed by atoms with Crippen molar-refractivity contribution in [1.82, 2.24) is 9.97 Å². The van der Waals surface area contributed by atoms with Gasteiger partial charge in [-0.3, -0.25) is 4.98 Å². The van der Waals surface area contributed by atoms with Gasteiger partial charge < -0.3 is 5.11 Å². The molecule has 0 amide bonds. The Kier molecular flexibility index (Phi) is 4.99. The Labute approximate surface area is 185 Å². The fourth-order valence-corrected chi connectivity index (χ4v) is 4.18. The van der Waals surface area contributed by atoms with Gasteiger partial charge in [0, 0.05) is 28.4 Å². The second-order valence-corrected chi connectivity index (χ2v) is 7.83. The fraction of sp³-hybridized carbons (Fsp3) is 0.0370. The lowest BCUT2D eigenvalue weighted by Crippen LogP contribution is -2.30. The van der Waals surface area contributed by atoms with Crippen molar-refractivity contribution < 1.29 is 5.11 Å². The molecular weight excluding hydrogens is 404 g/mol. The summed E-state index contributed by atoms with van der Waals surface area (Å²) < 4.78 is 0. The molecule has 0 spiro atoms. The SMILES string of the molecule is OC(c1ccccc1)(c1ccc2cnccc2n1)c1ccccc1-c1cccc(Cl)c1. The minimum absolute atomic E-state index is 0.548. The highest BCUT2D eigenvalue weighted by Crippen LogP contribution is 2.41. The Bertz CT molecular complexity index is 1370. The van der Waals surface area contributed by atoms with E-state index in [0.29, 0.717) is 10.7 Å². The first kappa shape index (κ1) is 19.4. The van der Waals surface area contributed by atoms with Crippen LogP contribution in [0.25, 0.3) is 22.0 Å². The number of halogens is 1. The van der Waals surface area contributed by atoms with E-state index < -0.39 is 5.60 Å². The fourth-order valence-electron chi connectivity index (χ4n) is 3.99. The zero-order chi connectivity index (χ0) is 21.3. The van der Waals surface area contributed by atoms with Crippen LogP contribution in [0.2, 0.25) is 5.02 Å². The van der Waals surface area contributed by atoms with Crippen molar-refractivity contribution in [3.63, 3.8) is 0 Å². The van der Waals surface area contributed by atoms with E-state index in [1.807, 2.05) is 97.1 Å². The molecule has 5 rings (SSSR count). The van der Waals surface area contributed by atoms with Crippen molar-refractivity contribution in [1.29, 1.82) is 0 Å². The van der Waals surface area contributed by atoms with Gasteiger partial charge in [0.25, 0.3) is 0 Å². The van der Waals surface area contributed by atoms with Crippen molar-refractivity contribution in [2.75, 3.05) is 0 Å². The van der Waals surface area contributed by atoms with Crippen LogP contribution in [0, 0.1) is 0 Å². The standard InChI is InChI=1S/C27H19ClN2O/c28-22-10-6-7-19(17-22)23-11-4-5-12-24(23)27(31,21-8-2-1-3-9-21)26-14-13-20-18-29-16-15-25(20)30-26/h1-18,31H. The van der Waals surface area contributed by atoms with Crippen LogP contribution in [0.15, 0.2) is 109 Å². The number of benzene rings is 3. The third kappa shape index (κ3) is 3.48. The topological polar surface area (TPSA) is 46.0 Å². The molecule has 0 aliphatic carbocycles. The van der Waals surface area contributed by atoms with E-state index in [0.717, 1.165) is 33.2 Å². The first-order valence-electron chi connectivity index (χ1n) is 10.0. The van der Waals surface area contributed by atoms with Crippen LogP contribution in [0.4, 0.5) is 0 Å². The van der Waals surface area contributed by atoms with Crippen molar-refractivity contribution in [2.24, 2.45) is 0 Å². The van der Waals surface area contributed by atoms with Crippen LogP contribution in [-0.2, 0) is 5.60 Å². The largest absolute Gasteiger partial charge is 0.374 e. The number of nitrogens with zero attached hydrogens (tertiary/aromatic N) is 2. The number of hydrogen-bond donors (Lipinski definition) is 1. The van der Waals surface area contributed by atoms with E-state index in [1.165, 1.54) is 0 Å². The molecule has 2 aromatic heterocycles. The van der Waals surface area contributed by atoms with Crippen molar-refractivity contribution in [3.05, 3.63) is 131 Å². The normalized spacial score (nSPS) is 13.1. The first-order chi connectivity index (χ1) is 15.2. The van der Waals surface area contributed by atoms with Gasteiger partial charge in [0.1, 0.15) is 0 Å². The molecule has 5 aromatic rings. The summed E-state index contributed by atoms with van der Waals surface area (Å²) in [5, 5.41) is 14.0. The molecule has 3 nitrogen and oxygen atoms in total. The highest BCUT2D eigenvalue weighted by Gasteiger charge is 2.37. The third-order valence-electron chi connectivity index (χ3n) is 5.50. The van der Waals surface area contributed by atoms with Crippen molar-refractivity contribution in [3.8, 4) is 11.1 Å². The Morgan fingerprint density at radius 3 is 2.42 bits per heavy atom. The van der Waals surface area contributed by atoms with Gasteiger partial charge in [0.15, 0.2) is 5.60 Å². The second kappa shape index (κ2) is 7.95. The minimum Gasteiger partial charge on any atom is -0.374 e. The van der Waals surface area contributed by atoms with Gasteiger partial charge in [0.2, 0.25) is 0 Å². The molecule has 1 N–H and O–H groups in total. The van der Waals surface area contributed by atoms with Gasteiger partial charge in [-0.05, 0) is 47.0 Å². The molecule has 1 atom stereocenters. The molecule has 0 saturated heterocycles. The molecule has 4 heteroatoms. The third-order valence-corrected chi connectivity index (χ3v) is 5.74. The maximum Gasteiger partial charge on any atom is 0.157 e.